The maximum absolute atomic E-state index is 6.33. The van der Waals surface area contributed by atoms with Gasteiger partial charge in [-0.05, 0) is 37.0 Å². The first-order valence-corrected chi connectivity index (χ1v) is 7.21. The van der Waals surface area contributed by atoms with Crippen molar-refractivity contribution < 1.29 is 0 Å². The molecular formula is C15H21ClN4. The third kappa shape index (κ3) is 2.73. The fourth-order valence-electron chi connectivity index (χ4n) is 2.63. The lowest BCUT2D eigenvalue weighted by atomic mass is 9.94. The number of hydrogen-bond acceptors (Lipinski definition) is 3. The quantitative estimate of drug-likeness (QED) is 0.657. The molecule has 1 atom stereocenters. The lowest BCUT2D eigenvalue weighted by Crippen LogP contribution is -2.32. The molecule has 0 aliphatic heterocycles. The molecule has 1 heterocycles. The van der Waals surface area contributed by atoms with Crippen molar-refractivity contribution in [2.45, 2.75) is 39.8 Å². The van der Waals surface area contributed by atoms with Crippen LogP contribution in [0.1, 0.15) is 41.8 Å². The van der Waals surface area contributed by atoms with Gasteiger partial charge >= 0.3 is 0 Å². The molecule has 0 saturated heterocycles. The van der Waals surface area contributed by atoms with Gasteiger partial charge in [-0.15, -0.1) is 0 Å². The molecule has 3 N–H and O–H groups in total. The molecule has 0 radical (unpaired) electrons. The first-order valence-electron chi connectivity index (χ1n) is 6.83. The number of hydrazine groups is 1. The second-order valence-corrected chi connectivity index (χ2v) is 5.41. The third-order valence-corrected chi connectivity index (χ3v) is 3.83. The molecule has 0 spiro atoms. The van der Waals surface area contributed by atoms with Crippen molar-refractivity contribution in [3.63, 3.8) is 0 Å². The molecule has 1 aromatic heterocycles. The number of aromatic nitrogens is 2. The molecule has 4 nitrogen and oxygen atoms in total. The second kappa shape index (κ2) is 6.39. The third-order valence-electron chi connectivity index (χ3n) is 3.54. The standard InChI is InChI=1S/C15H21ClN4/c1-4-8-20-15(12(16)9-18-20)14(19-17)13-10(2)6-5-7-11(13)3/h5-7,9,14,19H,4,8,17H2,1-3H3. The summed E-state index contributed by atoms with van der Waals surface area (Å²) in [4.78, 5) is 0. The van der Waals surface area contributed by atoms with Crippen LogP contribution < -0.4 is 11.3 Å². The van der Waals surface area contributed by atoms with E-state index in [1.807, 2.05) is 10.7 Å². The summed E-state index contributed by atoms with van der Waals surface area (Å²) < 4.78 is 1.93. The predicted octanol–water partition coefficient (Wildman–Crippen LogP) is 3.12. The van der Waals surface area contributed by atoms with Crippen LogP contribution in [0.15, 0.2) is 24.4 Å². The smallest absolute Gasteiger partial charge is 0.0898 e. The Kier molecular flexibility index (Phi) is 4.81. The summed E-state index contributed by atoms with van der Waals surface area (Å²) in [6, 6.07) is 6.06. The van der Waals surface area contributed by atoms with Crippen molar-refractivity contribution in [2.24, 2.45) is 5.84 Å². The minimum atomic E-state index is -0.155. The summed E-state index contributed by atoms with van der Waals surface area (Å²) in [6.07, 6.45) is 2.68. The van der Waals surface area contributed by atoms with E-state index < -0.39 is 0 Å². The van der Waals surface area contributed by atoms with E-state index in [-0.39, 0.29) is 6.04 Å². The highest BCUT2D eigenvalue weighted by Crippen LogP contribution is 2.31. The van der Waals surface area contributed by atoms with Gasteiger partial charge in [0, 0.05) is 6.54 Å². The van der Waals surface area contributed by atoms with E-state index >= 15 is 0 Å². The van der Waals surface area contributed by atoms with Gasteiger partial charge < -0.3 is 0 Å². The first kappa shape index (κ1) is 15.0. The van der Waals surface area contributed by atoms with Crippen LogP contribution in [-0.4, -0.2) is 9.78 Å². The summed E-state index contributed by atoms with van der Waals surface area (Å²) >= 11 is 6.33. The summed E-state index contributed by atoms with van der Waals surface area (Å²) in [6.45, 7) is 7.11. The lowest BCUT2D eigenvalue weighted by molar-refractivity contribution is 0.519. The van der Waals surface area contributed by atoms with E-state index in [1.165, 1.54) is 11.1 Å². The highest BCUT2D eigenvalue weighted by atomic mass is 35.5. The number of hydrogen-bond donors (Lipinski definition) is 2. The van der Waals surface area contributed by atoms with Crippen LogP contribution in [0.2, 0.25) is 5.02 Å². The largest absolute Gasteiger partial charge is 0.271 e. The Labute approximate surface area is 124 Å². The molecule has 0 aliphatic carbocycles. The number of nitrogens with two attached hydrogens (primary N) is 1. The average Bonchev–Trinajstić information content (AvgIpc) is 2.76. The summed E-state index contributed by atoms with van der Waals surface area (Å²) in [5.74, 6) is 5.82. The summed E-state index contributed by atoms with van der Waals surface area (Å²) in [5, 5.41) is 4.99. The maximum atomic E-state index is 6.33. The molecule has 0 aliphatic rings. The minimum absolute atomic E-state index is 0.155. The SMILES string of the molecule is CCCn1ncc(Cl)c1C(NN)c1c(C)cccc1C. The van der Waals surface area contributed by atoms with Crippen molar-refractivity contribution >= 4 is 11.6 Å². The number of halogens is 1. The number of aryl methyl sites for hydroxylation is 3. The zero-order valence-electron chi connectivity index (χ0n) is 12.2. The fourth-order valence-corrected chi connectivity index (χ4v) is 2.88. The number of benzene rings is 1. The topological polar surface area (TPSA) is 55.9 Å². The van der Waals surface area contributed by atoms with E-state index in [1.54, 1.807) is 6.20 Å². The zero-order chi connectivity index (χ0) is 14.7. The van der Waals surface area contributed by atoms with Crippen molar-refractivity contribution in [2.75, 3.05) is 0 Å². The molecule has 0 fully saturated rings. The molecule has 0 bridgehead atoms. The van der Waals surface area contributed by atoms with Gasteiger partial charge in [0.05, 0.1) is 23.0 Å². The Bertz CT molecular complexity index is 571. The highest BCUT2D eigenvalue weighted by molar-refractivity contribution is 6.31. The summed E-state index contributed by atoms with van der Waals surface area (Å²) in [5.41, 5.74) is 7.36. The molecule has 5 heteroatoms. The van der Waals surface area contributed by atoms with Gasteiger partial charge in [0.25, 0.3) is 0 Å². The minimum Gasteiger partial charge on any atom is -0.271 e. The molecule has 108 valence electrons. The lowest BCUT2D eigenvalue weighted by Gasteiger charge is -2.22. The van der Waals surface area contributed by atoms with E-state index in [0.29, 0.717) is 5.02 Å². The van der Waals surface area contributed by atoms with Gasteiger partial charge in [-0.3, -0.25) is 10.5 Å². The molecule has 0 saturated carbocycles. The van der Waals surface area contributed by atoms with Gasteiger partial charge in [-0.2, -0.15) is 5.10 Å². The molecule has 20 heavy (non-hydrogen) atoms. The van der Waals surface area contributed by atoms with Gasteiger partial charge in [0.2, 0.25) is 0 Å². The zero-order valence-corrected chi connectivity index (χ0v) is 12.9. The molecular weight excluding hydrogens is 272 g/mol. The van der Waals surface area contributed by atoms with Crippen LogP contribution in [0.25, 0.3) is 0 Å². The molecule has 0 amide bonds. The number of nitrogens with one attached hydrogen (secondary N) is 1. The Morgan fingerprint density at radius 1 is 1.35 bits per heavy atom. The van der Waals surface area contributed by atoms with Gasteiger partial charge in [0.1, 0.15) is 0 Å². The highest BCUT2D eigenvalue weighted by Gasteiger charge is 2.23. The van der Waals surface area contributed by atoms with E-state index in [0.717, 1.165) is 24.2 Å². The Hall–Kier alpha value is -1.36. The maximum Gasteiger partial charge on any atom is 0.0898 e. The van der Waals surface area contributed by atoms with E-state index in [9.17, 15) is 0 Å². The Morgan fingerprint density at radius 3 is 2.55 bits per heavy atom. The second-order valence-electron chi connectivity index (χ2n) is 5.01. The monoisotopic (exact) mass is 292 g/mol. The van der Waals surface area contributed by atoms with E-state index in [2.05, 4.69) is 43.4 Å². The normalized spacial score (nSPS) is 12.7. The Balaban J connectivity index is 2.55. The predicted molar refractivity (Wildman–Crippen MR) is 82.6 cm³/mol. The van der Waals surface area contributed by atoms with Crippen molar-refractivity contribution in [1.82, 2.24) is 15.2 Å². The molecule has 2 aromatic rings. The van der Waals surface area contributed by atoms with Crippen molar-refractivity contribution in [3.05, 3.63) is 51.8 Å². The molecule has 1 unspecified atom stereocenters. The van der Waals surface area contributed by atoms with Crippen LogP contribution in [0.4, 0.5) is 0 Å². The fraction of sp³-hybridized carbons (Fsp3) is 0.400. The number of nitrogens with zero attached hydrogens (tertiary/aromatic N) is 2. The van der Waals surface area contributed by atoms with Crippen molar-refractivity contribution in [1.29, 1.82) is 0 Å². The van der Waals surface area contributed by atoms with Crippen LogP contribution in [0.3, 0.4) is 0 Å². The average molecular weight is 293 g/mol. The van der Waals surface area contributed by atoms with Crippen LogP contribution in [0.5, 0.6) is 0 Å². The van der Waals surface area contributed by atoms with Crippen LogP contribution in [0, 0.1) is 13.8 Å². The van der Waals surface area contributed by atoms with Crippen molar-refractivity contribution in [3.8, 4) is 0 Å². The number of rotatable bonds is 5. The molecule has 1 aromatic carbocycles. The first-order chi connectivity index (χ1) is 9.60. The Morgan fingerprint density at radius 2 is 2.00 bits per heavy atom. The summed E-state index contributed by atoms with van der Waals surface area (Å²) in [7, 11) is 0. The van der Waals surface area contributed by atoms with E-state index in [4.69, 9.17) is 17.4 Å². The molecule has 2 rings (SSSR count). The van der Waals surface area contributed by atoms with Gasteiger partial charge in [0.15, 0.2) is 0 Å². The van der Waals surface area contributed by atoms with Gasteiger partial charge in [-0.25, -0.2) is 5.43 Å². The van der Waals surface area contributed by atoms with Crippen LogP contribution in [-0.2, 0) is 6.54 Å². The van der Waals surface area contributed by atoms with Crippen LogP contribution >= 0.6 is 11.6 Å². The van der Waals surface area contributed by atoms with Gasteiger partial charge in [-0.1, -0.05) is 36.7 Å².